The molecule has 0 aromatic carbocycles. The van der Waals surface area contributed by atoms with Gasteiger partial charge in [-0.2, -0.15) is 0 Å². The zero-order valence-electron chi connectivity index (χ0n) is 39.4. The van der Waals surface area contributed by atoms with Crippen molar-refractivity contribution in [2.75, 3.05) is 92.1 Å². The predicted octanol–water partition coefficient (Wildman–Crippen LogP) is 9.94. The molecule has 0 amide bonds. The second-order valence-electron chi connectivity index (χ2n) is 17.4. The van der Waals surface area contributed by atoms with E-state index in [2.05, 4.69) is 37.5 Å². The van der Waals surface area contributed by atoms with Crippen LogP contribution in [0.5, 0.6) is 0 Å². The van der Waals surface area contributed by atoms with E-state index in [1.165, 1.54) is 64.2 Å². The van der Waals surface area contributed by atoms with Gasteiger partial charge in [0.1, 0.15) is 19.8 Å². The maximum Gasteiger partial charge on any atom is 0.308 e. The number of hydrogen-bond acceptors (Lipinski definition) is 11. The van der Waals surface area contributed by atoms with Crippen molar-refractivity contribution in [3.63, 3.8) is 0 Å². The second-order valence-corrected chi connectivity index (χ2v) is 17.4. The minimum absolute atomic E-state index is 0.00789. The first-order chi connectivity index (χ1) is 29.4. The van der Waals surface area contributed by atoms with E-state index in [0.717, 1.165) is 129 Å². The Bertz CT molecular complexity index is 946. The summed E-state index contributed by atoms with van der Waals surface area (Å²) in [5.41, 5.74) is 0. The molecule has 1 heterocycles. The molecule has 0 bridgehead atoms. The molecule has 1 aliphatic heterocycles. The van der Waals surface area contributed by atoms with Crippen LogP contribution in [0.1, 0.15) is 188 Å². The molecule has 1 N–H and O–H groups in total. The fourth-order valence-electron chi connectivity index (χ4n) is 7.85. The highest BCUT2D eigenvalue weighted by Crippen LogP contribution is 2.23. The topological polar surface area (TPSA) is 124 Å². The van der Waals surface area contributed by atoms with Crippen molar-refractivity contribution in [2.45, 2.75) is 188 Å². The van der Waals surface area contributed by atoms with Gasteiger partial charge in [0.15, 0.2) is 0 Å². The van der Waals surface area contributed by atoms with Gasteiger partial charge < -0.3 is 28.8 Å². The zero-order chi connectivity index (χ0) is 43.7. The first-order valence-electron chi connectivity index (χ1n) is 25.1. The molecule has 2 unspecified atom stereocenters. The molecule has 2 atom stereocenters. The predicted molar refractivity (Wildman–Crippen MR) is 243 cm³/mol. The van der Waals surface area contributed by atoms with Crippen LogP contribution in [0, 0.1) is 17.8 Å². The van der Waals surface area contributed by atoms with Gasteiger partial charge in [-0.25, -0.2) is 0 Å². The van der Waals surface area contributed by atoms with E-state index in [1.54, 1.807) is 0 Å². The standard InChI is InChI=1S/C49H94N2O9/c1-5-9-13-17-19-23-27-45(25-21-15-11-7-3)48(54)59-42-44(43-60-49(55)46(26-22-16-12-8-4)28-24-20-18-14-10-6-2)41-58-47(53)29-37-56-39-40-57-38-35-51-32-30-50(31-33-51)34-36-52/h44-46,52H,5-43H2,1-4H3. The average molecular weight is 855 g/mol. The normalized spacial score (nSPS) is 15.2. The molecular weight excluding hydrogens is 761 g/mol. The minimum Gasteiger partial charge on any atom is -0.465 e. The van der Waals surface area contributed by atoms with Crippen LogP contribution in [0.3, 0.4) is 0 Å². The summed E-state index contributed by atoms with van der Waals surface area (Å²) in [7, 11) is 0. The monoisotopic (exact) mass is 855 g/mol. The summed E-state index contributed by atoms with van der Waals surface area (Å²) in [5, 5.41) is 9.13. The number of rotatable bonds is 43. The largest absolute Gasteiger partial charge is 0.465 e. The fourth-order valence-corrected chi connectivity index (χ4v) is 7.85. The molecule has 1 rings (SSSR count). The summed E-state index contributed by atoms with van der Waals surface area (Å²) in [4.78, 5) is 44.6. The SMILES string of the molecule is CCCCCCCCC(CCCCCC)C(=O)OCC(COC(=O)CCOCCOCCN1CCN(CCO)CC1)COC(=O)C(CCCCCC)CCCCCCCC. The number of carbonyl (C=O) groups is 3. The summed E-state index contributed by atoms with van der Waals surface area (Å²) < 4.78 is 29.0. The molecule has 0 aromatic heterocycles. The summed E-state index contributed by atoms with van der Waals surface area (Å²) in [6, 6.07) is 0. The summed E-state index contributed by atoms with van der Waals surface area (Å²) in [6.07, 6.45) is 26.5. The number of esters is 3. The van der Waals surface area contributed by atoms with Gasteiger partial charge in [-0.15, -0.1) is 0 Å². The van der Waals surface area contributed by atoms with Gasteiger partial charge in [0.2, 0.25) is 0 Å². The van der Waals surface area contributed by atoms with Gasteiger partial charge in [0.25, 0.3) is 0 Å². The van der Waals surface area contributed by atoms with Gasteiger partial charge >= 0.3 is 17.9 Å². The molecule has 354 valence electrons. The molecule has 0 aliphatic carbocycles. The highest BCUT2D eigenvalue weighted by Gasteiger charge is 2.25. The lowest BCUT2D eigenvalue weighted by molar-refractivity contribution is -0.158. The van der Waals surface area contributed by atoms with E-state index in [4.69, 9.17) is 28.8 Å². The maximum absolute atomic E-state index is 13.6. The van der Waals surface area contributed by atoms with Gasteiger partial charge in [-0.1, -0.05) is 156 Å². The first-order valence-corrected chi connectivity index (χ1v) is 25.1. The van der Waals surface area contributed by atoms with Crippen LogP contribution in [0.15, 0.2) is 0 Å². The Labute approximate surface area is 368 Å². The minimum atomic E-state index is -0.446. The lowest BCUT2D eigenvalue weighted by Gasteiger charge is -2.34. The summed E-state index contributed by atoms with van der Waals surface area (Å²) in [5.74, 6) is -1.49. The Morgan fingerprint density at radius 1 is 0.467 bits per heavy atom. The summed E-state index contributed by atoms with van der Waals surface area (Å²) in [6.45, 7) is 16.3. The van der Waals surface area contributed by atoms with Gasteiger partial charge in [-0.05, 0) is 25.7 Å². The number of nitrogens with zero attached hydrogens (tertiary/aromatic N) is 2. The van der Waals surface area contributed by atoms with Crippen molar-refractivity contribution in [3.8, 4) is 0 Å². The first kappa shape index (κ1) is 56.2. The number of aliphatic hydroxyl groups is 1. The zero-order valence-corrected chi connectivity index (χ0v) is 39.4. The molecule has 0 aromatic rings. The van der Waals surface area contributed by atoms with Crippen LogP contribution in [-0.2, 0) is 38.1 Å². The third-order valence-corrected chi connectivity index (χ3v) is 11.9. The van der Waals surface area contributed by atoms with E-state index in [9.17, 15) is 14.4 Å². The Morgan fingerprint density at radius 3 is 1.27 bits per heavy atom. The van der Waals surface area contributed by atoms with Crippen molar-refractivity contribution < 1.29 is 43.2 Å². The quantitative estimate of drug-likeness (QED) is 0.0358. The third-order valence-electron chi connectivity index (χ3n) is 11.9. The maximum atomic E-state index is 13.6. The van der Waals surface area contributed by atoms with Crippen LogP contribution in [0.25, 0.3) is 0 Å². The van der Waals surface area contributed by atoms with Crippen LogP contribution < -0.4 is 0 Å². The molecule has 11 nitrogen and oxygen atoms in total. The Morgan fingerprint density at radius 2 is 0.833 bits per heavy atom. The van der Waals surface area contributed by atoms with Gasteiger partial charge in [-0.3, -0.25) is 24.2 Å². The summed E-state index contributed by atoms with van der Waals surface area (Å²) >= 11 is 0. The lowest BCUT2D eigenvalue weighted by Crippen LogP contribution is -2.47. The fraction of sp³-hybridized carbons (Fsp3) is 0.939. The number of piperazine rings is 1. The average Bonchev–Trinajstić information content (AvgIpc) is 3.25. The molecule has 0 radical (unpaired) electrons. The Kier molecular flexibility index (Phi) is 38.6. The van der Waals surface area contributed by atoms with E-state index >= 15 is 0 Å². The van der Waals surface area contributed by atoms with Crippen molar-refractivity contribution in [1.82, 2.24) is 9.80 Å². The number of carbonyl (C=O) groups excluding carboxylic acids is 3. The second kappa shape index (κ2) is 41.2. The number of aliphatic hydroxyl groups excluding tert-OH is 1. The molecule has 60 heavy (non-hydrogen) atoms. The molecule has 0 spiro atoms. The number of β-amino-alcohol motifs (C(OH)–C–C–N with tert-alkyl or cyclic N) is 1. The van der Waals surface area contributed by atoms with E-state index in [0.29, 0.717) is 19.8 Å². The molecule has 1 aliphatic rings. The van der Waals surface area contributed by atoms with E-state index in [1.807, 2.05) is 0 Å². The van der Waals surface area contributed by atoms with Crippen LogP contribution in [0.4, 0.5) is 0 Å². The molecule has 11 heteroatoms. The Hall–Kier alpha value is -1.79. The number of ether oxygens (including phenoxy) is 5. The number of unbranched alkanes of at least 4 members (excludes halogenated alkanes) is 16. The van der Waals surface area contributed by atoms with Crippen molar-refractivity contribution in [3.05, 3.63) is 0 Å². The highest BCUT2D eigenvalue weighted by atomic mass is 16.6. The van der Waals surface area contributed by atoms with E-state index in [-0.39, 0.29) is 63.2 Å². The van der Waals surface area contributed by atoms with Gasteiger partial charge in [0.05, 0.1) is 57.2 Å². The lowest BCUT2D eigenvalue weighted by atomic mass is 9.94. The molecular formula is C49H94N2O9. The molecule has 0 saturated carbocycles. The smallest absolute Gasteiger partial charge is 0.308 e. The highest BCUT2D eigenvalue weighted by molar-refractivity contribution is 5.73. The van der Waals surface area contributed by atoms with E-state index < -0.39 is 11.9 Å². The van der Waals surface area contributed by atoms with Crippen LogP contribution >= 0.6 is 0 Å². The van der Waals surface area contributed by atoms with Crippen molar-refractivity contribution >= 4 is 17.9 Å². The van der Waals surface area contributed by atoms with Crippen molar-refractivity contribution in [1.29, 1.82) is 0 Å². The van der Waals surface area contributed by atoms with Crippen LogP contribution in [-0.4, -0.2) is 125 Å². The third kappa shape index (κ3) is 32.0. The number of hydrogen-bond donors (Lipinski definition) is 1. The van der Waals surface area contributed by atoms with Crippen molar-refractivity contribution in [2.24, 2.45) is 17.8 Å². The molecule has 1 fully saturated rings. The van der Waals surface area contributed by atoms with Crippen LogP contribution in [0.2, 0.25) is 0 Å². The molecule has 1 saturated heterocycles. The van der Waals surface area contributed by atoms with Gasteiger partial charge in [0, 0.05) is 39.3 Å². The Balaban J connectivity index is 2.71.